The van der Waals surface area contributed by atoms with Crippen molar-refractivity contribution >= 4 is 65.9 Å². The maximum atomic E-state index is 7.13. The number of hydrogen-bond acceptors (Lipinski definition) is 3. The number of rotatable bonds is 5. The Bertz CT molecular complexity index is 3450. The number of furan rings is 2. The number of benzene rings is 8. The molecule has 63 heavy (non-hydrogen) atoms. The standard InChI is InChI=1S/C60H49NO2/c1-3-38-36-54(61-53(40-17-5-4-6-18-40)35-30-37(2)57(38)51-26-14-24-49-47-22-11-12-28-55(47)62-60(49)51)50-25-15-29-56-58(50)52-27-13-23-48(59(52)63-56)46-34-33-44-41-19-8-7-16-39(41)31-32-45(44)42-20-9-10-21-43(42)46/h4-29,31-32,38,46,54H,3,30,33-36H2,1-2H3/t38?,46-,54?/m1/s1. The minimum absolute atomic E-state index is 0.101. The van der Waals surface area contributed by atoms with Gasteiger partial charge in [-0.2, -0.15) is 0 Å². The van der Waals surface area contributed by atoms with Crippen LogP contribution in [0.1, 0.15) is 91.3 Å². The number of aliphatic imine (C=N–C) groups is 1. The quantitative estimate of drug-likeness (QED) is 0.174. The number of aryl methyl sites for hydroxylation is 1. The van der Waals surface area contributed by atoms with E-state index in [1.165, 1.54) is 88.0 Å². The Morgan fingerprint density at radius 3 is 2.11 bits per heavy atom. The largest absolute Gasteiger partial charge is 0.456 e. The number of hydrogen-bond donors (Lipinski definition) is 0. The van der Waals surface area contributed by atoms with E-state index < -0.39 is 0 Å². The van der Waals surface area contributed by atoms with E-state index in [9.17, 15) is 0 Å². The van der Waals surface area contributed by atoms with Crippen LogP contribution in [0.4, 0.5) is 0 Å². The van der Waals surface area contributed by atoms with Crippen molar-refractivity contribution in [2.45, 2.75) is 64.3 Å². The van der Waals surface area contributed by atoms with Gasteiger partial charge in [-0.15, -0.1) is 0 Å². The van der Waals surface area contributed by atoms with Crippen LogP contribution in [0.25, 0.3) is 71.3 Å². The zero-order chi connectivity index (χ0) is 42.0. The molecule has 2 aromatic heterocycles. The second-order valence-electron chi connectivity index (χ2n) is 17.8. The Balaban J connectivity index is 1.02. The van der Waals surface area contributed by atoms with Gasteiger partial charge in [-0.3, -0.25) is 4.99 Å². The van der Waals surface area contributed by atoms with E-state index in [0.29, 0.717) is 0 Å². The fraction of sp³-hybridized carbons (Fsp3) is 0.183. The first-order valence-electron chi connectivity index (χ1n) is 22.9. The summed E-state index contributed by atoms with van der Waals surface area (Å²) in [6, 6.07) is 62.0. The molecule has 3 atom stereocenters. The van der Waals surface area contributed by atoms with Crippen molar-refractivity contribution in [3.05, 3.63) is 209 Å². The maximum Gasteiger partial charge on any atom is 0.142 e. The van der Waals surface area contributed by atoms with Crippen molar-refractivity contribution in [2.75, 3.05) is 0 Å². The fourth-order valence-electron chi connectivity index (χ4n) is 11.4. The SMILES string of the molecule is CCC1CC(c2cccc3oc4c([C@@H]5CCc6c(ccc7ccccc67)-c6ccccc65)cccc4c23)N=C(c2ccccc2)CCC(C)=C1c1cccc2c1oc1ccccc12. The summed E-state index contributed by atoms with van der Waals surface area (Å²) >= 11 is 0. The molecule has 0 radical (unpaired) electrons. The van der Waals surface area contributed by atoms with E-state index in [1.54, 1.807) is 0 Å². The molecule has 0 fully saturated rings. The van der Waals surface area contributed by atoms with Crippen LogP contribution in [-0.4, -0.2) is 5.71 Å². The van der Waals surface area contributed by atoms with E-state index in [-0.39, 0.29) is 17.9 Å². The van der Waals surface area contributed by atoms with Crippen LogP contribution >= 0.6 is 0 Å². The first-order valence-corrected chi connectivity index (χ1v) is 22.9. The highest BCUT2D eigenvalue weighted by atomic mass is 16.3. The third-order valence-electron chi connectivity index (χ3n) is 14.4. The van der Waals surface area contributed by atoms with Gasteiger partial charge in [-0.25, -0.2) is 0 Å². The van der Waals surface area contributed by atoms with Gasteiger partial charge in [0.15, 0.2) is 0 Å². The average Bonchev–Trinajstić information content (AvgIpc) is 3.88. The maximum absolute atomic E-state index is 7.13. The predicted molar refractivity (Wildman–Crippen MR) is 263 cm³/mol. The van der Waals surface area contributed by atoms with Crippen molar-refractivity contribution in [3.8, 4) is 11.1 Å². The molecule has 0 saturated carbocycles. The molecule has 0 N–H and O–H groups in total. The van der Waals surface area contributed by atoms with Crippen LogP contribution in [0.15, 0.2) is 189 Å². The highest BCUT2D eigenvalue weighted by Crippen LogP contribution is 2.49. The van der Waals surface area contributed by atoms with Gasteiger partial charge >= 0.3 is 0 Å². The summed E-state index contributed by atoms with van der Waals surface area (Å²) in [4.78, 5) is 5.86. The van der Waals surface area contributed by atoms with Gasteiger partial charge in [0.1, 0.15) is 22.3 Å². The summed E-state index contributed by atoms with van der Waals surface area (Å²) in [5, 5.41) is 7.36. The molecule has 1 aliphatic heterocycles. The van der Waals surface area contributed by atoms with Gasteiger partial charge in [0.05, 0.1) is 6.04 Å². The van der Waals surface area contributed by atoms with Gasteiger partial charge < -0.3 is 8.83 Å². The molecule has 3 heterocycles. The highest BCUT2D eigenvalue weighted by Gasteiger charge is 2.31. The second kappa shape index (κ2) is 15.4. The zero-order valence-electron chi connectivity index (χ0n) is 35.9. The van der Waals surface area contributed by atoms with E-state index in [4.69, 9.17) is 13.8 Å². The van der Waals surface area contributed by atoms with Crippen molar-refractivity contribution in [2.24, 2.45) is 10.9 Å². The average molecular weight is 816 g/mol. The highest BCUT2D eigenvalue weighted by molar-refractivity contribution is 6.10. The smallest absolute Gasteiger partial charge is 0.142 e. The molecular weight excluding hydrogens is 767 g/mol. The first kappa shape index (κ1) is 37.8. The first-order chi connectivity index (χ1) is 31.1. The Labute approximate surface area is 368 Å². The third kappa shape index (κ3) is 6.28. The molecular formula is C60H49NO2. The third-order valence-corrected chi connectivity index (χ3v) is 14.4. The number of nitrogens with zero attached hydrogens (tertiary/aromatic N) is 1. The summed E-state index contributed by atoms with van der Waals surface area (Å²) in [5.74, 6) is 0.422. The van der Waals surface area contributed by atoms with Crippen molar-refractivity contribution in [1.82, 2.24) is 0 Å². The molecule has 306 valence electrons. The number of allylic oxidation sites excluding steroid dienone is 2. The molecule has 0 bridgehead atoms. The van der Waals surface area contributed by atoms with Gasteiger partial charge in [-0.1, -0.05) is 170 Å². The van der Waals surface area contributed by atoms with E-state index >= 15 is 0 Å². The Morgan fingerprint density at radius 2 is 1.21 bits per heavy atom. The predicted octanol–water partition coefficient (Wildman–Crippen LogP) is 16.6. The summed E-state index contributed by atoms with van der Waals surface area (Å²) in [6.07, 6.45) is 5.62. The number of fused-ring (bicyclic) bond motifs is 11. The summed E-state index contributed by atoms with van der Waals surface area (Å²) in [6.45, 7) is 4.69. The van der Waals surface area contributed by atoms with E-state index in [1.807, 2.05) is 0 Å². The van der Waals surface area contributed by atoms with E-state index in [0.717, 1.165) is 66.6 Å². The van der Waals surface area contributed by atoms with Crippen LogP contribution in [0, 0.1) is 5.92 Å². The molecule has 2 aliphatic rings. The Morgan fingerprint density at radius 1 is 0.524 bits per heavy atom. The lowest BCUT2D eigenvalue weighted by molar-refractivity contribution is 0.518. The van der Waals surface area contributed by atoms with Crippen LogP contribution in [-0.2, 0) is 6.42 Å². The molecule has 0 amide bonds. The molecule has 12 rings (SSSR count). The normalized spacial score (nSPS) is 18.3. The van der Waals surface area contributed by atoms with Crippen molar-refractivity contribution in [3.63, 3.8) is 0 Å². The van der Waals surface area contributed by atoms with Crippen LogP contribution in [0.2, 0.25) is 0 Å². The molecule has 10 aromatic rings. The zero-order valence-corrected chi connectivity index (χ0v) is 35.9. The Hall–Kier alpha value is -6.97. The molecule has 0 spiro atoms. The minimum Gasteiger partial charge on any atom is -0.456 e. The molecule has 3 nitrogen and oxygen atoms in total. The lowest BCUT2D eigenvalue weighted by Crippen LogP contribution is -2.11. The van der Waals surface area contributed by atoms with Crippen LogP contribution in [0.5, 0.6) is 0 Å². The molecule has 1 aliphatic carbocycles. The molecule has 0 saturated heterocycles. The topological polar surface area (TPSA) is 38.6 Å². The summed E-state index contributed by atoms with van der Waals surface area (Å²) < 4.78 is 13.9. The summed E-state index contributed by atoms with van der Waals surface area (Å²) in [7, 11) is 0. The fourth-order valence-corrected chi connectivity index (χ4v) is 11.4. The van der Waals surface area contributed by atoms with Gasteiger partial charge in [0, 0.05) is 44.3 Å². The van der Waals surface area contributed by atoms with Crippen molar-refractivity contribution in [1.29, 1.82) is 0 Å². The molecule has 8 aromatic carbocycles. The molecule has 2 unspecified atom stereocenters. The van der Waals surface area contributed by atoms with Crippen molar-refractivity contribution < 1.29 is 8.83 Å². The summed E-state index contributed by atoms with van der Waals surface area (Å²) in [5.41, 5.74) is 18.2. The van der Waals surface area contributed by atoms with E-state index in [2.05, 4.69) is 184 Å². The van der Waals surface area contributed by atoms with Gasteiger partial charge in [0.25, 0.3) is 0 Å². The molecule has 3 heteroatoms. The van der Waals surface area contributed by atoms with Crippen LogP contribution in [0.3, 0.4) is 0 Å². The lowest BCUT2D eigenvalue weighted by Gasteiger charge is -2.25. The van der Waals surface area contributed by atoms with Crippen LogP contribution < -0.4 is 0 Å². The van der Waals surface area contributed by atoms with Gasteiger partial charge in [0.2, 0.25) is 0 Å². The second-order valence-corrected chi connectivity index (χ2v) is 17.8. The minimum atomic E-state index is -0.101. The monoisotopic (exact) mass is 815 g/mol. The Kier molecular flexibility index (Phi) is 9.25. The van der Waals surface area contributed by atoms with Gasteiger partial charge in [-0.05, 0) is 113 Å². The lowest BCUT2D eigenvalue weighted by atomic mass is 9.80. The number of para-hydroxylation sites is 3.